The van der Waals surface area contributed by atoms with Gasteiger partial charge in [-0.2, -0.15) is 0 Å². The first kappa shape index (κ1) is 17.0. The monoisotopic (exact) mass is 351 g/mol. The molecule has 1 aliphatic rings. The Morgan fingerprint density at radius 3 is 2.43 bits per heavy atom. The third-order valence-electron chi connectivity index (χ3n) is 4.98. The van der Waals surface area contributed by atoms with Crippen molar-refractivity contribution in [3.8, 4) is 0 Å². The Kier molecular flexibility index (Phi) is 6.75. The highest BCUT2D eigenvalue weighted by Crippen LogP contribution is 2.38. The zero-order chi connectivity index (χ0) is 15.2. The molecule has 0 bridgehead atoms. The predicted molar refractivity (Wildman–Crippen MR) is 95.7 cm³/mol. The molecule has 1 aromatic carbocycles. The van der Waals surface area contributed by atoms with E-state index in [0.717, 1.165) is 18.4 Å². The normalized spacial score (nSPS) is 24.0. The van der Waals surface area contributed by atoms with Crippen LogP contribution >= 0.6 is 15.9 Å². The average molecular weight is 352 g/mol. The summed E-state index contributed by atoms with van der Waals surface area (Å²) in [4.78, 5) is 0. The van der Waals surface area contributed by atoms with E-state index >= 15 is 0 Å². The highest BCUT2D eigenvalue weighted by molar-refractivity contribution is 9.10. The lowest BCUT2D eigenvalue weighted by Gasteiger charge is -2.34. The zero-order valence-electron chi connectivity index (χ0n) is 13.8. The summed E-state index contributed by atoms with van der Waals surface area (Å²) in [6, 6.07) is 7.41. The molecule has 1 N–H and O–H groups in total. The van der Waals surface area contributed by atoms with Gasteiger partial charge in [0.15, 0.2) is 0 Å². The molecule has 0 aromatic heterocycles. The molecule has 1 aliphatic carbocycles. The Bertz CT molecular complexity index is 415. The predicted octanol–water partition coefficient (Wildman–Crippen LogP) is 6.01. The van der Waals surface area contributed by atoms with Gasteiger partial charge in [0.2, 0.25) is 0 Å². The van der Waals surface area contributed by atoms with Gasteiger partial charge in [0.1, 0.15) is 0 Å². The smallest absolute Gasteiger partial charge is 0.0349 e. The summed E-state index contributed by atoms with van der Waals surface area (Å²) in [7, 11) is 0. The van der Waals surface area contributed by atoms with Gasteiger partial charge in [0, 0.05) is 10.5 Å². The first-order chi connectivity index (χ1) is 10.1. The number of hydrogen-bond acceptors (Lipinski definition) is 1. The second-order valence-corrected chi connectivity index (χ2v) is 7.60. The van der Waals surface area contributed by atoms with E-state index in [-0.39, 0.29) is 0 Å². The summed E-state index contributed by atoms with van der Waals surface area (Å²) in [5.41, 5.74) is 2.82. The van der Waals surface area contributed by atoms with E-state index in [0.29, 0.717) is 6.04 Å². The first-order valence-electron chi connectivity index (χ1n) is 8.64. The quantitative estimate of drug-likeness (QED) is 0.661. The molecule has 21 heavy (non-hydrogen) atoms. The molecule has 2 heteroatoms. The zero-order valence-corrected chi connectivity index (χ0v) is 15.4. The van der Waals surface area contributed by atoms with E-state index in [1.165, 1.54) is 54.1 Å². The van der Waals surface area contributed by atoms with E-state index in [1.807, 2.05) is 0 Å². The summed E-state index contributed by atoms with van der Waals surface area (Å²) >= 11 is 3.67. The molecule has 1 saturated carbocycles. The van der Waals surface area contributed by atoms with Crippen LogP contribution < -0.4 is 5.32 Å². The van der Waals surface area contributed by atoms with Crippen molar-refractivity contribution < 1.29 is 0 Å². The van der Waals surface area contributed by atoms with Gasteiger partial charge in [-0.1, -0.05) is 55.1 Å². The number of rotatable bonds is 6. The van der Waals surface area contributed by atoms with Gasteiger partial charge in [-0.3, -0.25) is 0 Å². The molecular weight excluding hydrogens is 322 g/mol. The van der Waals surface area contributed by atoms with Crippen molar-refractivity contribution in [2.24, 2.45) is 11.8 Å². The SMILES string of the molecule is CCCNC(c1cc(C)cc(Br)c1)C1CCC(CC)CC1. The average Bonchev–Trinajstić information content (AvgIpc) is 2.47. The minimum absolute atomic E-state index is 0.527. The highest BCUT2D eigenvalue weighted by Gasteiger charge is 2.27. The molecule has 1 aromatic rings. The van der Waals surface area contributed by atoms with Crippen molar-refractivity contribution in [2.75, 3.05) is 6.54 Å². The van der Waals surface area contributed by atoms with E-state index in [4.69, 9.17) is 0 Å². The maximum Gasteiger partial charge on any atom is 0.0349 e. The van der Waals surface area contributed by atoms with Crippen LogP contribution in [0.4, 0.5) is 0 Å². The molecule has 1 fully saturated rings. The minimum Gasteiger partial charge on any atom is -0.310 e. The number of benzene rings is 1. The molecule has 2 rings (SSSR count). The van der Waals surface area contributed by atoms with Gasteiger partial charge >= 0.3 is 0 Å². The minimum atomic E-state index is 0.527. The van der Waals surface area contributed by atoms with E-state index in [1.54, 1.807) is 0 Å². The maximum atomic E-state index is 3.82. The molecular formula is C19H30BrN. The lowest BCUT2D eigenvalue weighted by atomic mass is 9.76. The molecule has 0 radical (unpaired) electrons. The molecule has 0 saturated heterocycles. The molecule has 0 amide bonds. The summed E-state index contributed by atoms with van der Waals surface area (Å²) < 4.78 is 1.21. The van der Waals surface area contributed by atoms with Crippen LogP contribution in [0, 0.1) is 18.8 Å². The van der Waals surface area contributed by atoms with Gasteiger partial charge in [-0.15, -0.1) is 0 Å². The number of nitrogens with one attached hydrogen (secondary N) is 1. The third-order valence-corrected chi connectivity index (χ3v) is 5.44. The van der Waals surface area contributed by atoms with Crippen molar-refractivity contribution in [1.82, 2.24) is 5.32 Å². The number of aryl methyl sites for hydroxylation is 1. The topological polar surface area (TPSA) is 12.0 Å². The summed E-state index contributed by atoms with van der Waals surface area (Å²) in [6.07, 6.45) is 8.15. The van der Waals surface area contributed by atoms with Crippen LogP contribution in [-0.4, -0.2) is 6.54 Å². The Balaban J connectivity index is 2.14. The van der Waals surface area contributed by atoms with Gasteiger partial charge in [-0.05, 0) is 67.8 Å². The Labute approximate surface area is 139 Å². The second kappa shape index (κ2) is 8.33. The van der Waals surface area contributed by atoms with Crippen molar-refractivity contribution in [2.45, 2.75) is 65.3 Å². The van der Waals surface area contributed by atoms with Crippen LogP contribution in [0.25, 0.3) is 0 Å². The standard InChI is InChI=1S/C19H30BrN/c1-4-10-21-19(16-8-6-15(5-2)7-9-16)17-11-14(3)12-18(20)13-17/h11-13,15-16,19,21H,4-10H2,1-3H3. The molecule has 0 spiro atoms. The molecule has 1 nitrogen and oxygen atoms in total. The Morgan fingerprint density at radius 1 is 1.14 bits per heavy atom. The van der Waals surface area contributed by atoms with Gasteiger partial charge in [0.25, 0.3) is 0 Å². The van der Waals surface area contributed by atoms with E-state index in [2.05, 4.69) is 60.2 Å². The number of halogens is 1. The van der Waals surface area contributed by atoms with Crippen LogP contribution in [0.15, 0.2) is 22.7 Å². The lowest BCUT2D eigenvalue weighted by molar-refractivity contribution is 0.218. The fourth-order valence-corrected chi connectivity index (χ4v) is 4.36. The Morgan fingerprint density at radius 2 is 1.86 bits per heavy atom. The van der Waals surface area contributed by atoms with Crippen LogP contribution in [0.1, 0.15) is 69.5 Å². The van der Waals surface area contributed by atoms with Gasteiger partial charge in [0.05, 0.1) is 0 Å². The van der Waals surface area contributed by atoms with Crippen LogP contribution in [-0.2, 0) is 0 Å². The largest absolute Gasteiger partial charge is 0.310 e. The number of hydrogen-bond donors (Lipinski definition) is 1. The van der Waals surface area contributed by atoms with Crippen molar-refractivity contribution >= 4 is 15.9 Å². The molecule has 118 valence electrons. The lowest BCUT2D eigenvalue weighted by Crippen LogP contribution is -2.31. The van der Waals surface area contributed by atoms with Gasteiger partial charge < -0.3 is 5.32 Å². The van der Waals surface area contributed by atoms with Crippen LogP contribution in [0.5, 0.6) is 0 Å². The van der Waals surface area contributed by atoms with Crippen molar-refractivity contribution in [3.63, 3.8) is 0 Å². The summed E-state index contributed by atoms with van der Waals surface area (Å²) in [6.45, 7) is 7.91. The maximum absolute atomic E-state index is 3.82. The second-order valence-electron chi connectivity index (χ2n) is 6.68. The summed E-state index contributed by atoms with van der Waals surface area (Å²) in [5.74, 6) is 1.77. The van der Waals surface area contributed by atoms with E-state index < -0.39 is 0 Å². The first-order valence-corrected chi connectivity index (χ1v) is 9.43. The molecule has 1 atom stereocenters. The fourth-order valence-electron chi connectivity index (χ4n) is 3.73. The molecule has 0 aliphatic heterocycles. The van der Waals surface area contributed by atoms with Gasteiger partial charge in [-0.25, -0.2) is 0 Å². The fraction of sp³-hybridized carbons (Fsp3) is 0.684. The van der Waals surface area contributed by atoms with Crippen LogP contribution in [0.3, 0.4) is 0 Å². The molecule has 1 unspecified atom stereocenters. The van der Waals surface area contributed by atoms with Crippen LogP contribution in [0.2, 0.25) is 0 Å². The highest BCUT2D eigenvalue weighted by atomic mass is 79.9. The molecule has 0 heterocycles. The summed E-state index contributed by atoms with van der Waals surface area (Å²) in [5, 5.41) is 3.82. The van der Waals surface area contributed by atoms with E-state index in [9.17, 15) is 0 Å². The van der Waals surface area contributed by atoms with Crippen molar-refractivity contribution in [3.05, 3.63) is 33.8 Å². The Hall–Kier alpha value is -0.340. The van der Waals surface area contributed by atoms with Crippen molar-refractivity contribution in [1.29, 1.82) is 0 Å². The third kappa shape index (κ3) is 4.82.